The molecular weight excluding hydrogens is 397 g/mol. The molecule has 0 spiro atoms. The van der Waals surface area contributed by atoms with Crippen molar-refractivity contribution in [2.75, 3.05) is 13.2 Å². The summed E-state index contributed by atoms with van der Waals surface area (Å²) in [4.78, 5) is 2.38. The lowest BCUT2D eigenvalue weighted by Crippen LogP contribution is -2.36. The number of hydrogen-bond acceptors (Lipinski definition) is 4. The molecule has 0 aromatic heterocycles. The fourth-order valence-electron chi connectivity index (χ4n) is 4.51. The first-order chi connectivity index (χ1) is 15.7. The van der Waals surface area contributed by atoms with Crippen molar-refractivity contribution in [1.82, 2.24) is 4.90 Å². The number of nitrogens with zero attached hydrogens (tertiary/aromatic N) is 1. The van der Waals surface area contributed by atoms with E-state index in [0.717, 1.165) is 37.9 Å². The van der Waals surface area contributed by atoms with Gasteiger partial charge in [0.15, 0.2) is 0 Å². The normalized spacial score (nSPS) is 11.5. The highest BCUT2D eigenvalue weighted by Crippen LogP contribution is 2.30. The number of aliphatic hydroxyl groups excluding tert-OH is 1. The summed E-state index contributed by atoms with van der Waals surface area (Å²) in [6.45, 7) is 2.47. The number of rotatable bonds is 10. The summed E-state index contributed by atoms with van der Waals surface area (Å²) >= 11 is 0. The Morgan fingerprint density at radius 1 is 0.688 bits per heavy atom. The average Bonchev–Trinajstić information content (AvgIpc) is 2.81. The second-order valence-electron chi connectivity index (χ2n) is 8.36. The summed E-state index contributed by atoms with van der Waals surface area (Å²) in [5.74, 6) is 0. The van der Waals surface area contributed by atoms with Gasteiger partial charge in [0, 0.05) is 19.7 Å². The lowest BCUT2D eigenvalue weighted by Gasteiger charge is -2.25. The molecule has 4 nitrogen and oxygen atoms in total. The molecule has 5 heteroatoms. The zero-order chi connectivity index (χ0) is 22.3. The van der Waals surface area contributed by atoms with E-state index in [9.17, 15) is 10.0 Å². The molecule has 4 rings (SSSR count). The Balaban J connectivity index is 1.71. The second kappa shape index (κ2) is 10.8. The first-order valence-corrected chi connectivity index (χ1v) is 11.3. The van der Waals surface area contributed by atoms with Crippen LogP contribution in [0.2, 0.25) is 0 Å². The SMILES string of the molecule is OCCCCCN(Cc1ccccc1B(O)O)Cc1c2ccccc2cc2ccccc12. The number of unbranched alkanes of at least 4 members (excludes halogenated alkanes) is 2. The molecule has 0 bridgehead atoms. The van der Waals surface area contributed by atoms with Gasteiger partial charge >= 0.3 is 7.12 Å². The zero-order valence-electron chi connectivity index (χ0n) is 18.3. The van der Waals surface area contributed by atoms with E-state index in [0.29, 0.717) is 12.0 Å². The lowest BCUT2D eigenvalue weighted by atomic mass is 9.77. The Morgan fingerprint density at radius 3 is 1.97 bits per heavy atom. The van der Waals surface area contributed by atoms with Crippen LogP contribution in [0.3, 0.4) is 0 Å². The molecule has 4 aromatic rings. The molecular formula is C27H30BNO3. The molecule has 32 heavy (non-hydrogen) atoms. The van der Waals surface area contributed by atoms with E-state index >= 15 is 0 Å². The van der Waals surface area contributed by atoms with E-state index in [1.165, 1.54) is 27.1 Å². The maximum Gasteiger partial charge on any atom is 0.488 e. The fraction of sp³-hybridized carbons (Fsp3) is 0.259. The van der Waals surface area contributed by atoms with Gasteiger partial charge < -0.3 is 15.2 Å². The van der Waals surface area contributed by atoms with Crippen molar-refractivity contribution in [3.05, 3.63) is 90.0 Å². The maximum atomic E-state index is 9.85. The molecule has 0 aliphatic rings. The fourth-order valence-corrected chi connectivity index (χ4v) is 4.51. The van der Waals surface area contributed by atoms with Crippen LogP contribution in [-0.2, 0) is 13.1 Å². The topological polar surface area (TPSA) is 63.9 Å². The average molecular weight is 427 g/mol. The van der Waals surface area contributed by atoms with E-state index in [1.807, 2.05) is 18.2 Å². The van der Waals surface area contributed by atoms with E-state index < -0.39 is 7.12 Å². The molecule has 0 amide bonds. The lowest BCUT2D eigenvalue weighted by molar-refractivity contribution is 0.241. The first-order valence-electron chi connectivity index (χ1n) is 11.3. The minimum Gasteiger partial charge on any atom is -0.423 e. The van der Waals surface area contributed by atoms with E-state index in [1.54, 1.807) is 6.07 Å². The monoisotopic (exact) mass is 427 g/mol. The van der Waals surface area contributed by atoms with Gasteiger partial charge in [-0.25, -0.2) is 0 Å². The number of benzene rings is 4. The summed E-state index contributed by atoms with van der Waals surface area (Å²) in [6.07, 6.45) is 2.75. The molecule has 0 fully saturated rings. The summed E-state index contributed by atoms with van der Waals surface area (Å²) in [6, 6.07) is 26.8. The van der Waals surface area contributed by atoms with Gasteiger partial charge in [-0.2, -0.15) is 0 Å². The molecule has 0 saturated heterocycles. The standard InChI is InChI=1S/C27H30BNO3/c30-17-9-1-8-16-29(19-23-12-4-7-15-27(23)28(31)32)20-26-24-13-5-2-10-21(24)18-22-11-3-6-14-25(22)26/h2-7,10-15,18,30-32H,1,8-9,16-17,19-20H2. The maximum absolute atomic E-state index is 9.85. The zero-order valence-corrected chi connectivity index (χ0v) is 18.3. The summed E-state index contributed by atoms with van der Waals surface area (Å²) in [7, 11) is -1.49. The minimum absolute atomic E-state index is 0.216. The highest BCUT2D eigenvalue weighted by Gasteiger charge is 2.18. The predicted octanol–water partition coefficient (Wildman–Crippen LogP) is 3.84. The summed E-state index contributed by atoms with van der Waals surface area (Å²) < 4.78 is 0. The van der Waals surface area contributed by atoms with Crippen molar-refractivity contribution in [3.63, 3.8) is 0 Å². The molecule has 164 valence electrons. The van der Waals surface area contributed by atoms with Gasteiger partial charge in [0.25, 0.3) is 0 Å². The molecule has 4 aromatic carbocycles. The molecule has 0 aliphatic heterocycles. The summed E-state index contributed by atoms with van der Waals surface area (Å²) in [5.41, 5.74) is 2.77. The Bertz CT molecular complexity index is 1120. The minimum atomic E-state index is -1.49. The molecule has 0 heterocycles. The molecule has 0 saturated carbocycles. The smallest absolute Gasteiger partial charge is 0.423 e. The van der Waals surface area contributed by atoms with Gasteiger partial charge in [-0.05, 0) is 70.0 Å². The van der Waals surface area contributed by atoms with E-state index in [4.69, 9.17) is 5.11 Å². The van der Waals surface area contributed by atoms with Crippen LogP contribution in [-0.4, -0.2) is 40.3 Å². The van der Waals surface area contributed by atoms with Crippen LogP contribution >= 0.6 is 0 Å². The van der Waals surface area contributed by atoms with Gasteiger partial charge in [0.1, 0.15) is 0 Å². The molecule has 0 radical (unpaired) electrons. The first kappa shape index (κ1) is 22.5. The predicted molar refractivity (Wildman–Crippen MR) is 133 cm³/mol. The van der Waals surface area contributed by atoms with Crippen LogP contribution in [0.25, 0.3) is 21.5 Å². The molecule has 0 unspecified atom stereocenters. The van der Waals surface area contributed by atoms with Gasteiger partial charge in [-0.3, -0.25) is 4.90 Å². The van der Waals surface area contributed by atoms with Gasteiger partial charge in [0.05, 0.1) is 0 Å². The third-order valence-electron chi connectivity index (χ3n) is 6.12. The Hall–Kier alpha value is -2.70. The van der Waals surface area contributed by atoms with Crippen molar-refractivity contribution in [2.24, 2.45) is 0 Å². The second-order valence-corrected chi connectivity index (χ2v) is 8.36. The van der Waals surface area contributed by atoms with Gasteiger partial charge in [-0.15, -0.1) is 0 Å². The highest BCUT2D eigenvalue weighted by atomic mass is 16.4. The Labute approximate surface area is 189 Å². The van der Waals surface area contributed by atoms with Crippen molar-refractivity contribution in [2.45, 2.75) is 32.4 Å². The van der Waals surface area contributed by atoms with E-state index in [2.05, 4.69) is 59.5 Å². The largest absolute Gasteiger partial charge is 0.488 e. The molecule has 0 aliphatic carbocycles. The van der Waals surface area contributed by atoms with Crippen LogP contribution in [0.1, 0.15) is 30.4 Å². The van der Waals surface area contributed by atoms with Crippen LogP contribution < -0.4 is 5.46 Å². The van der Waals surface area contributed by atoms with Crippen molar-refractivity contribution < 1.29 is 15.2 Å². The van der Waals surface area contributed by atoms with E-state index in [-0.39, 0.29) is 6.61 Å². The number of hydrogen-bond donors (Lipinski definition) is 3. The molecule has 3 N–H and O–H groups in total. The number of fused-ring (bicyclic) bond motifs is 2. The third kappa shape index (κ3) is 5.20. The van der Waals surface area contributed by atoms with Crippen LogP contribution in [0, 0.1) is 0 Å². The Morgan fingerprint density at radius 2 is 1.31 bits per heavy atom. The van der Waals surface area contributed by atoms with Crippen molar-refractivity contribution >= 4 is 34.1 Å². The van der Waals surface area contributed by atoms with Crippen LogP contribution in [0.15, 0.2) is 78.9 Å². The number of aliphatic hydroxyl groups is 1. The molecule has 0 atom stereocenters. The highest BCUT2D eigenvalue weighted by molar-refractivity contribution is 6.59. The van der Waals surface area contributed by atoms with Crippen molar-refractivity contribution in [1.29, 1.82) is 0 Å². The quantitative estimate of drug-likeness (QED) is 0.205. The van der Waals surface area contributed by atoms with Crippen LogP contribution in [0.4, 0.5) is 0 Å². The third-order valence-corrected chi connectivity index (χ3v) is 6.12. The Kier molecular flexibility index (Phi) is 7.56. The van der Waals surface area contributed by atoms with Gasteiger partial charge in [-0.1, -0.05) is 72.8 Å². The van der Waals surface area contributed by atoms with Crippen LogP contribution in [0.5, 0.6) is 0 Å². The van der Waals surface area contributed by atoms with Crippen molar-refractivity contribution in [3.8, 4) is 0 Å². The van der Waals surface area contributed by atoms with Gasteiger partial charge in [0.2, 0.25) is 0 Å². The summed E-state index contributed by atoms with van der Waals surface area (Å²) in [5, 5.41) is 33.8.